The Labute approximate surface area is 199 Å². The van der Waals surface area contributed by atoms with Crippen molar-refractivity contribution in [2.45, 2.75) is 51.7 Å². The lowest BCUT2D eigenvalue weighted by molar-refractivity contribution is 0.0610. The number of imidazole rings is 1. The number of halogens is 1. The number of aryl methyl sites for hydroxylation is 1. The second-order valence-corrected chi connectivity index (χ2v) is 9.71. The number of piperazine rings is 1. The number of benzene rings is 1. The summed E-state index contributed by atoms with van der Waals surface area (Å²) >= 11 is 6.44. The molecule has 0 aliphatic carbocycles. The van der Waals surface area contributed by atoms with E-state index in [0.29, 0.717) is 34.3 Å². The van der Waals surface area contributed by atoms with E-state index in [1.54, 1.807) is 0 Å². The molecular weight excluding hydrogens is 438 g/mol. The van der Waals surface area contributed by atoms with Crippen LogP contribution in [0.4, 0.5) is 5.82 Å². The number of hydrogen-bond donors (Lipinski definition) is 2. The molecule has 1 atom stereocenters. The largest absolute Gasteiger partial charge is 0.351 e. The number of H-pyrrole nitrogens is 2. The van der Waals surface area contributed by atoms with E-state index in [0.717, 1.165) is 45.7 Å². The molecule has 2 N–H and O–H groups in total. The molecular formula is C24H32ClN7O. The van der Waals surface area contributed by atoms with Crippen LogP contribution in [0.1, 0.15) is 37.3 Å². The van der Waals surface area contributed by atoms with Gasteiger partial charge in [0.05, 0.1) is 0 Å². The van der Waals surface area contributed by atoms with Gasteiger partial charge < -0.3 is 4.90 Å². The van der Waals surface area contributed by atoms with Crippen LogP contribution >= 0.6 is 11.6 Å². The second-order valence-electron chi connectivity index (χ2n) is 9.35. The number of aromatic nitrogens is 4. The van der Waals surface area contributed by atoms with Gasteiger partial charge in [-0.1, -0.05) is 48.4 Å². The van der Waals surface area contributed by atoms with Crippen molar-refractivity contribution in [2.24, 2.45) is 0 Å². The number of rotatable bonds is 5. The van der Waals surface area contributed by atoms with E-state index in [2.05, 4.69) is 72.7 Å². The van der Waals surface area contributed by atoms with Crippen LogP contribution in [0, 0.1) is 6.92 Å². The summed E-state index contributed by atoms with van der Waals surface area (Å²) in [6.07, 6.45) is 3.49. The van der Waals surface area contributed by atoms with Crippen molar-refractivity contribution in [1.29, 1.82) is 0 Å². The average Bonchev–Trinajstić information content (AvgIpc) is 3.19. The minimum atomic E-state index is -0.316. The van der Waals surface area contributed by atoms with Crippen molar-refractivity contribution >= 4 is 28.7 Å². The Morgan fingerprint density at radius 3 is 2.42 bits per heavy atom. The van der Waals surface area contributed by atoms with E-state index >= 15 is 0 Å². The highest BCUT2D eigenvalue weighted by Gasteiger charge is 2.34. The Bertz CT molecular complexity index is 1150. The van der Waals surface area contributed by atoms with E-state index < -0.39 is 0 Å². The Morgan fingerprint density at radius 2 is 1.73 bits per heavy atom. The highest BCUT2D eigenvalue weighted by molar-refractivity contribution is 6.32. The Hall–Kier alpha value is -2.42. The van der Waals surface area contributed by atoms with E-state index in [4.69, 9.17) is 11.6 Å². The van der Waals surface area contributed by atoms with Crippen LogP contribution in [-0.4, -0.2) is 74.5 Å². The number of anilines is 1. The third-order valence-electron chi connectivity index (χ3n) is 7.15. The van der Waals surface area contributed by atoms with E-state index in [9.17, 15) is 4.79 Å². The summed E-state index contributed by atoms with van der Waals surface area (Å²) in [6, 6.07) is 9.98. The molecule has 2 aliphatic rings. The molecule has 5 rings (SSSR count). The van der Waals surface area contributed by atoms with Crippen molar-refractivity contribution in [3.63, 3.8) is 0 Å². The highest BCUT2D eigenvalue weighted by Crippen LogP contribution is 2.29. The monoisotopic (exact) mass is 469 g/mol. The van der Waals surface area contributed by atoms with Crippen LogP contribution in [-0.2, 0) is 6.54 Å². The number of likely N-dealkylation sites (tertiary alicyclic amines) is 1. The van der Waals surface area contributed by atoms with Crippen molar-refractivity contribution in [3.05, 3.63) is 51.0 Å². The first-order valence-electron chi connectivity index (χ1n) is 11.9. The lowest BCUT2D eigenvalue weighted by Gasteiger charge is -2.47. The molecule has 0 saturated carbocycles. The van der Waals surface area contributed by atoms with Crippen LogP contribution in [0.15, 0.2) is 29.1 Å². The van der Waals surface area contributed by atoms with Gasteiger partial charge in [0.2, 0.25) is 0 Å². The third kappa shape index (κ3) is 4.78. The summed E-state index contributed by atoms with van der Waals surface area (Å²) < 4.78 is 0. The van der Waals surface area contributed by atoms with Crippen LogP contribution in [0.5, 0.6) is 0 Å². The lowest BCUT2D eigenvalue weighted by Crippen LogP contribution is -2.58. The molecule has 0 spiro atoms. The Kier molecular flexibility index (Phi) is 6.40. The summed E-state index contributed by atoms with van der Waals surface area (Å²) in [7, 11) is 0. The molecule has 176 valence electrons. The van der Waals surface area contributed by atoms with E-state index in [1.807, 2.05) is 0 Å². The van der Waals surface area contributed by atoms with Gasteiger partial charge in [0.1, 0.15) is 0 Å². The topological polar surface area (TPSA) is 84.1 Å². The SMILES string of the molecule is CC[C@H]1CN(c2nc3[nH]c(=O)[nH]c3nc2Cl)CCN1C1CCN(Cc2ccc(C)cc2)CC1. The maximum atomic E-state index is 11.6. The predicted octanol–water partition coefficient (Wildman–Crippen LogP) is 3.17. The fraction of sp³-hybridized carbons (Fsp3) is 0.542. The van der Waals surface area contributed by atoms with Gasteiger partial charge in [-0.3, -0.25) is 19.8 Å². The molecule has 0 radical (unpaired) electrons. The van der Waals surface area contributed by atoms with Crippen molar-refractivity contribution < 1.29 is 0 Å². The molecule has 33 heavy (non-hydrogen) atoms. The summed E-state index contributed by atoms with van der Waals surface area (Å²) in [5.74, 6) is 0.658. The standard InChI is InChI=1S/C24H32ClN7O/c1-3-18-15-31(23-20(25)26-21-22(27-23)29-24(33)28-21)12-13-32(18)19-8-10-30(11-9-19)14-17-6-4-16(2)5-7-17/h4-7,18-19H,3,8-15H2,1-2H3,(H2,26,27,28,29,33)/t18-/m0/s1. The normalized spacial score (nSPS) is 21.2. The smallest absolute Gasteiger partial charge is 0.326 e. The minimum absolute atomic E-state index is 0.316. The number of piperidine rings is 1. The molecule has 1 aromatic carbocycles. The van der Waals surface area contributed by atoms with Gasteiger partial charge in [-0.2, -0.15) is 0 Å². The second kappa shape index (κ2) is 9.44. The van der Waals surface area contributed by atoms with Gasteiger partial charge in [0.15, 0.2) is 22.3 Å². The van der Waals surface area contributed by atoms with Crippen molar-refractivity contribution in [1.82, 2.24) is 29.7 Å². The number of aromatic amines is 2. The van der Waals surface area contributed by atoms with Crippen LogP contribution < -0.4 is 10.6 Å². The molecule has 3 aromatic rings. The molecule has 0 amide bonds. The lowest BCUT2D eigenvalue weighted by atomic mass is 9.98. The molecule has 2 aliphatic heterocycles. The first-order chi connectivity index (χ1) is 16.0. The number of hydrogen-bond acceptors (Lipinski definition) is 6. The van der Waals surface area contributed by atoms with E-state index in [-0.39, 0.29) is 5.69 Å². The third-order valence-corrected chi connectivity index (χ3v) is 7.41. The first kappa shape index (κ1) is 22.4. The molecule has 9 heteroatoms. The zero-order valence-corrected chi connectivity index (χ0v) is 20.1. The quantitative estimate of drug-likeness (QED) is 0.597. The maximum absolute atomic E-state index is 11.6. The van der Waals surface area contributed by atoms with Gasteiger partial charge >= 0.3 is 5.69 Å². The molecule has 2 saturated heterocycles. The van der Waals surface area contributed by atoms with Crippen molar-refractivity contribution in [3.8, 4) is 0 Å². The zero-order valence-electron chi connectivity index (χ0n) is 19.4. The summed E-state index contributed by atoms with van der Waals surface area (Å²) in [5, 5.41) is 0.338. The van der Waals surface area contributed by atoms with Gasteiger partial charge in [0, 0.05) is 38.3 Å². The van der Waals surface area contributed by atoms with Crippen LogP contribution in [0.3, 0.4) is 0 Å². The molecule has 8 nitrogen and oxygen atoms in total. The van der Waals surface area contributed by atoms with Crippen LogP contribution in [0.25, 0.3) is 11.3 Å². The highest BCUT2D eigenvalue weighted by atomic mass is 35.5. The molecule has 2 fully saturated rings. The van der Waals surface area contributed by atoms with Gasteiger partial charge in [0.25, 0.3) is 0 Å². The minimum Gasteiger partial charge on any atom is -0.351 e. The van der Waals surface area contributed by atoms with Gasteiger partial charge in [-0.05, 0) is 44.8 Å². The van der Waals surface area contributed by atoms with Gasteiger partial charge in [-0.25, -0.2) is 14.8 Å². The number of fused-ring (bicyclic) bond motifs is 1. The summed E-state index contributed by atoms with van der Waals surface area (Å²) in [6.45, 7) is 10.4. The summed E-state index contributed by atoms with van der Waals surface area (Å²) in [4.78, 5) is 33.3. The summed E-state index contributed by atoms with van der Waals surface area (Å²) in [5.41, 5.74) is 3.25. The van der Waals surface area contributed by atoms with Crippen molar-refractivity contribution in [2.75, 3.05) is 37.6 Å². The fourth-order valence-electron chi connectivity index (χ4n) is 5.29. The number of nitrogens with one attached hydrogen (secondary N) is 2. The Balaban J connectivity index is 1.21. The average molecular weight is 470 g/mol. The molecule has 4 heterocycles. The van der Waals surface area contributed by atoms with E-state index in [1.165, 1.54) is 24.0 Å². The molecule has 2 aromatic heterocycles. The fourth-order valence-corrected chi connectivity index (χ4v) is 5.54. The zero-order chi connectivity index (χ0) is 22.9. The van der Waals surface area contributed by atoms with Crippen LogP contribution in [0.2, 0.25) is 5.15 Å². The molecule has 0 unspecified atom stereocenters. The van der Waals surface area contributed by atoms with Gasteiger partial charge in [-0.15, -0.1) is 0 Å². The first-order valence-corrected chi connectivity index (χ1v) is 12.3. The Morgan fingerprint density at radius 1 is 1.03 bits per heavy atom. The number of nitrogens with zero attached hydrogens (tertiary/aromatic N) is 5. The predicted molar refractivity (Wildman–Crippen MR) is 132 cm³/mol. The maximum Gasteiger partial charge on any atom is 0.326 e. The molecule has 0 bridgehead atoms.